The van der Waals surface area contributed by atoms with Crippen LogP contribution in [0.3, 0.4) is 0 Å². The molecule has 1 aromatic carbocycles. The smallest absolute Gasteiger partial charge is 0.326 e. The van der Waals surface area contributed by atoms with E-state index < -0.39 is 12.0 Å². The number of amides is 2. The van der Waals surface area contributed by atoms with Gasteiger partial charge in [-0.15, -0.1) is 0 Å². The lowest BCUT2D eigenvalue weighted by atomic mass is 9.77. The van der Waals surface area contributed by atoms with Crippen molar-refractivity contribution in [3.63, 3.8) is 0 Å². The van der Waals surface area contributed by atoms with Crippen molar-refractivity contribution < 1.29 is 19.5 Å². The van der Waals surface area contributed by atoms with Crippen molar-refractivity contribution in [2.24, 2.45) is 5.92 Å². The molecule has 0 heterocycles. The number of benzene rings is 1. The van der Waals surface area contributed by atoms with Gasteiger partial charge in [0, 0.05) is 26.4 Å². The molecule has 6 heteroatoms. The molecule has 2 N–H and O–H groups in total. The van der Waals surface area contributed by atoms with E-state index in [4.69, 9.17) is 0 Å². The molecule has 0 spiro atoms. The van der Waals surface area contributed by atoms with Gasteiger partial charge in [-0.2, -0.15) is 0 Å². The summed E-state index contributed by atoms with van der Waals surface area (Å²) in [6, 6.07) is 9.57. The summed E-state index contributed by atoms with van der Waals surface area (Å²) in [6.07, 6.45) is 4.45. The molecule has 2 amide bonds. The lowest BCUT2D eigenvalue weighted by molar-refractivity contribution is -0.150. The van der Waals surface area contributed by atoms with Crippen LogP contribution in [0.25, 0.3) is 0 Å². The van der Waals surface area contributed by atoms with Crippen molar-refractivity contribution in [2.45, 2.75) is 57.9 Å². The maximum absolute atomic E-state index is 12.7. The molecule has 1 aromatic rings. The van der Waals surface area contributed by atoms with Gasteiger partial charge in [-0.25, -0.2) is 4.79 Å². The fourth-order valence-corrected chi connectivity index (χ4v) is 3.81. The Labute approximate surface area is 160 Å². The number of rotatable bonds is 8. The second-order valence-corrected chi connectivity index (χ2v) is 7.42. The highest BCUT2D eigenvalue weighted by atomic mass is 16.4. The summed E-state index contributed by atoms with van der Waals surface area (Å²) in [6.45, 7) is 3.39. The van der Waals surface area contributed by atoms with Crippen LogP contribution in [0.2, 0.25) is 0 Å². The van der Waals surface area contributed by atoms with Crippen LogP contribution >= 0.6 is 0 Å². The highest BCUT2D eigenvalue weighted by Gasteiger charge is 2.29. The summed E-state index contributed by atoms with van der Waals surface area (Å²) in [7, 11) is 0. The van der Waals surface area contributed by atoms with Crippen LogP contribution in [0, 0.1) is 5.92 Å². The molecular formula is C21H30N2O4. The van der Waals surface area contributed by atoms with Crippen molar-refractivity contribution in [1.29, 1.82) is 0 Å². The minimum Gasteiger partial charge on any atom is -0.480 e. The molecule has 6 nitrogen and oxygen atoms in total. The van der Waals surface area contributed by atoms with Crippen molar-refractivity contribution in [2.75, 3.05) is 13.1 Å². The molecule has 0 radical (unpaired) electrons. The van der Waals surface area contributed by atoms with Gasteiger partial charge in [0.2, 0.25) is 11.8 Å². The Kier molecular flexibility index (Phi) is 7.82. The van der Waals surface area contributed by atoms with E-state index in [2.05, 4.69) is 29.6 Å². The zero-order valence-corrected chi connectivity index (χ0v) is 16.2. The first-order valence-corrected chi connectivity index (χ1v) is 9.70. The Balaban J connectivity index is 1.88. The average Bonchev–Trinajstić information content (AvgIpc) is 2.65. The second kappa shape index (κ2) is 10.1. The molecule has 1 atom stereocenters. The second-order valence-electron chi connectivity index (χ2n) is 7.42. The molecule has 1 aliphatic carbocycles. The third-order valence-corrected chi connectivity index (χ3v) is 5.45. The third-order valence-electron chi connectivity index (χ3n) is 5.45. The van der Waals surface area contributed by atoms with Crippen molar-refractivity contribution in [3.05, 3.63) is 35.9 Å². The maximum atomic E-state index is 12.7. The Hall–Kier alpha value is -2.37. The number of nitrogens with zero attached hydrogens (tertiary/aromatic N) is 1. The van der Waals surface area contributed by atoms with E-state index in [1.807, 2.05) is 6.07 Å². The number of nitrogens with one attached hydrogen (secondary N) is 1. The largest absolute Gasteiger partial charge is 0.480 e. The fraction of sp³-hybridized carbons (Fsp3) is 0.571. The highest BCUT2D eigenvalue weighted by Crippen LogP contribution is 2.37. The lowest BCUT2D eigenvalue weighted by Gasteiger charge is -2.32. The predicted molar refractivity (Wildman–Crippen MR) is 103 cm³/mol. The molecular weight excluding hydrogens is 344 g/mol. The summed E-state index contributed by atoms with van der Waals surface area (Å²) in [4.78, 5) is 36.5. The number of aliphatic carboxylic acids is 1. The topological polar surface area (TPSA) is 86.7 Å². The van der Waals surface area contributed by atoms with Crippen LogP contribution < -0.4 is 5.32 Å². The van der Waals surface area contributed by atoms with Crippen LogP contribution in [-0.2, 0) is 14.4 Å². The van der Waals surface area contributed by atoms with Gasteiger partial charge in [0.25, 0.3) is 0 Å². The number of carboxylic acids is 1. The van der Waals surface area contributed by atoms with Crippen molar-refractivity contribution in [1.82, 2.24) is 10.2 Å². The molecule has 148 valence electrons. The lowest BCUT2D eigenvalue weighted by Crippen LogP contribution is -2.47. The monoisotopic (exact) mass is 374 g/mol. The summed E-state index contributed by atoms with van der Waals surface area (Å²) >= 11 is 0. The standard InChI is InChI=1S/C21H30N2O4/c1-15(21(26)27)23(13-12-22-16(2)24)20(25)14-17-8-10-19(11-9-17)18-6-4-3-5-7-18/h3-7,15,17,19H,8-14H2,1-2H3,(H,22,24)(H,26,27). The average molecular weight is 374 g/mol. The number of carboxylic acid groups (broad SMARTS) is 1. The Morgan fingerprint density at radius 3 is 2.33 bits per heavy atom. The van der Waals surface area contributed by atoms with E-state index in [-0.39, 0.29) is 24.9 Å². The molecule has 0 saturated heterocycles. The molecule has 27 heavy (non-hydrogen) atoms. The molecule has 1 fully saturated rings. The van der Waals surface area contributed by atoms with Gasteiger partial charge in [0.15, 0.2) is 0 Å². The normalized spacial score (nSPS) is 20.5. The van der Waals surface area contributed by atoms with Gasteiger partial charge < -0.3 is 15.3 Å². The minimum absolute atomic E-state index is 0.140. The van der Waals surface area contributed by atoms with Crippen LogP contribution in [0.4, 0.5) is 0 Å². The van der Waals surface area contributed by atoms with E-state index in [1.165, 1.54) is 24.3 Å². The molecule has 0 bridgehead atoms. The molecule has 2 rings (SSSR count). The highest BCUT2D eigenvalue weighted by molar-refractivity contribution is 5.83. The van der Waals surface area contributed by atoms with Gasteiger partial charge in [0.1, 0.15) is 6.04 Å². The predicted octanol–water partition coefficient (Wildman–Crippen LogP) is 2.79. The fourth-order valence-electron chi connectivity index (χ4n) is 3.81. The van der Waals surface area contributed by atoms with Gasteiger partial charge in [-0.3, -0.25) is 9.59 Å². The van der Waals surface area contributed by atoms with Gasteiger partial charge in [0.05, 0.1) is 0 Å². The summed E-state index contributed by atoms with van der Waals surface area (Å²) in [5, 5.41) is 11.9. The minimum atomic E-state index is -1.03. The van der Waals surface area contributed by atoms with Gasteiger partial charge in [-0.1, -0.05) is 30.3 Å². The van der Waals surface area contributed by atoms with Crippen LogP contribution in [0.5, 0.6) is 0 Å². The van der Waals surface area contributed by atoms with E-state index in [0.29, 0.717) is 18.3 Å². The summed E-state index contributed by atoms with van der Waals surface area (Å²) < 4.78 is 0. The van der Waals surface area contributed by atoms with Crippen LogP contribution in [0.1, 0.15) is 57.4 Å². The molecule has 1 unspecified atom stereocenters. The first kappa shape index (κ1) is 20.9. The van der Waals surface area contributed by atoms with Crippen molar-refractivity contribution in [3.8, 4) is 0 Å². The third kappa shape index (κ3) is 6.38. The van der Waals surface area contributed by atoms with Gasteiger partial charge in [-0.05, 0) is 50.0 Å². The summed E-state index contributed by atoms with van der Waals surface area (Å²) in [5.41, 5.74) is 1.36. The molecule has 1 saturated carbocycles. The quantitative estimate of drug-likeness (QED) is 0.732. The number of hydrogen-bond acceptors (Lipinski definition) is 3. The number of carbonyl (C=O) groups is 3. The first-order chi connectivity index (χ1) is 12.9. The number of carbonyl (C=O) groups excluding carboxylic acids is 2. The zero-order chi connectivity index (χ0) is 19.8. The van der Waals surface area contributed by atoms with Crippen LogP contribution in [-0.4, -0.2) is 46.9 Å². The number of hydrogen-bond donors (Lipinski definition) is 2. The van der Waals surface area contributed by atoms with Crippen LogP contribution in [0.15, 0.2) is 30.3 Å². The van der Waals surface area contributed by atoms with E-state index in [1.54, 1.807) is 0 Å². The Morgan fingerprint density at radius 1 is 1.15 bits per heavy atom. The summed E-state index contributed by atoms with van der Waals surface area (Å²) in [5.74, 6) is -0.518. The Morgan fingerprint density at radius 2 is 1.78 bits per heavy atom. The SMILES string of the molecule is CC(=O)NCCN(C(=O)CC1CCC(c2ccccc2)CC1)C(C)C(=O)O. The maximum Gasteiger partial charge on any atom is 0.326 e. The van der Waals surface area contributed by atoms with Crippen molar-refractivity contribution >= 4 is 17.8 Å². The first-order valence-electron chi connectivity index (χ1n) is 9.70. The van der Waals surface area contributed by atoms with E-state index >= 15 is 0 Å². The van der Waals surface area contributed by atoms with E-state index in [0.717, 1.165) is 25.7 Å². The molecule has 0 aliphatic heterocycles. The zero-order valence-electron chi connectivity index (χ0n) is 16.2. The molecule has 1 aliphatic rings. The molecule has 0 aromatic heterocycles. The van der Waals surface area contributed by atoms with E-state index in [9.17, 15) is 19.5 Å². The Bertz CT molecular complexity index is 639. The van der Waals surface area contributed by atoms with Gasteiger partial charge >= 0.3 is 5.97 Å².